The summed E-state index contributed by atoms with van der Waals surface area (Å²) < 4.78 is 25.0. The maximum Gasteiger partial charge on any atom is 0.238 e. The summed E-state index contributed by atoms with van der Waals surface area (Å²) in [6.07, 6.45) is 1.49. The number of amides is 1. The lowest BCUT2D eigenvalue weighted by molar-refractivity contribution is -0.121. The van der Waals surface area contributed by atoms with Crippen molar-refractivity contribution >= 4 is 33.0 Å². The zero-order chi connectivity index (χ0) is 16.2. The van der Waals surface area contributed by atoms with Crippen LogP contribution in [0.1, 0.15) is 33.6 Å². The zero-order valence-corrected chi connectivity index (χ0v) is 14.0. The Labute approximate surface area is 130 Å². The van der Waals surface area contributed by atoms with Crippen LogP contribution in [0.4, 0.5) is 5.69 Å². The summed E-state index contributed by atoms with van der Waals surface area (Å²) in [5.41, 5.74) is 5.78. The van der Waals surface area contributed by atoms with Gasteiger partial charge in [-0.05, 0) is 38.0 Å². The predicted octanol–water partition coefficient (Wildman–Crippen LogP) is 2.39. The second kappa shape index (κ2) is 7.13. The topological polar surface area (TPSA) is 89.3 Å². The number of nitrogens with two attached hydrogens (primary N) is 1. The highest BCUT2D eigenvalue weighted by atomic mass is 35.5. The van der Waals surface area contributed by atoms with E-state index in [9.17, 15) is 13.2 Å². The van der Waals surface area contributed by atoms with E-state index in [4.69, 9.17) is 17.3 Å². The van der Waals surface area contributed by atoms with E-state index in [1.165, 1.54) is 25.1 Å². The Morgan fingerprint density at radius 1 is 1.33 bits per heavy atom. The van der Waals surface area contributed by atoms with Crippen LogP contribution >= 0.6 is 11.6 Å². The van der Waals surface area contributed by atoms with E-state index in [0.717, 1.165) is 12.8 Å². The molecule has 5 nitrogen and oxygen atoms in total. The molecule has 1 aromatic carbocycles. The highest BCUT2D eigenvalue weighted by molar-refractivity contribution is 7.93. The van der Waals surface area contributed by atoms with Crippen molar-refractivity contribution in [3.05, 3.63) is 23.2 Å². The monoisotopic (exact) mass is 332 g/mol. The molecule has 0 aromatic heterocycles. The number of hydrogen-bond donors (Lipinski definition) is 2. The number of rotatable bonds is 6. The molecule has 3 N–H and O–H groups in total. The van der Waals surface area contributed by atoms with Gasteiger partial charge in [-0.2, -0.15) is 0 Å². The van der Waals surface area contributed by atoms with Crippen LogP contribution in [-0.2, 0) is 14.6 Å². The van der Waals surface area contributed by atoms with Gasteiger partial charge in [0.05, 0.1) is 10.6 Å². The van der Waals surface area contributed by atoms with E-state index < -0.39 is 21.0 Å². The van der Waals surface area contributed by atoms with Gasteiger partial charge in [-0.3, -0.25) is 4.79 Å². The Bertz CT molecular complexity index is 613. The second-order valence-electron chi connectivity index (χ2n) is 4.89. The number of carbonyl (C=O) groups is 1. The molecule has 0 radical (unpaired) electrons. The number of halogens is 1. The Morgan fingerprint density at radius 3 is 2.43 bits per heavy atom. The first-order chi connectivity index (χ1) is 9.73. The molecule has 0 aliphatic rings. The van der Waals surface area contributed by atoms with Crippen LogP contribution in [0.5, 0.6) is 0 Å². The molecule has 0 heterocycles. The van der Waals surface area contributed by atoms with Crippen LogP contribution < -0.4 is 11.1 Å². The third-order valence-corrected chi connectivity index (χ3v) is 5.80. The minimum absolute atomic E-state index is 0.0353. The molecule has 0 saturated heterocycles. The average Bonchev–Trinajstić information content (AvgIpc) is 2.45. The van der Waals surface area contributed by atoms with Gasteiger partial charge >= 0.3 is 0 Å². The van der Waals surface area contributed by atoms with Crippen LogP contribution in [0, 0.1) is 0 Å². The molecule has 0 bridgehead atoms. The molecule has 21 heavy (non-hydrogen) atoms. The summed E-state index contributed by atoms with van der Waals surface area (Å²) in [6.45, 7) is 5.22. The van der Waals surface area contributed by atoms with Gasteiger partial charge in [0.25, 0.3) is 0 Å². The summed E-state index contributed by atoms with van der Waals surface area (Å²) in [5.74, 6) is -0.525. The SMILES string of the molecule is CCC(CC)NC(=O)C(C)S(=O)(=O)c1cc(Cl)ccc1N. The molecular weight excluding hydrogens is 312 g/mol. The molecule has 118 valence electrons. The van der Waals surface area contributed by atoms with Gasteiger partial charge in [0.2, 0.25) is 5.91 Å². The first kappa shape index (κ1) is 17.8. The second-order valence-corrected chi connectivity index (χ2v) is 7.56. The van der Waals surface area contributed by atoms with Gasteiger partial charge in [0.15, 0.2) is 9.84 Å². The number of nitrogens with one attached hydrogen (secondary N) is 1. The number of benzene rings is 1. The van der Waals surface area contributed by atoms with Crippen molar-refractivity contribution in [1.29, 1.82) is 0 Å². The first-order valence-electron chi connectivity index (χ1n) is 6.83. The quantitative estimate of drug-likeness (QED) is 0.783. The number of anilines is 1. The smallest absolute Gasteiger partial charge is 0.238 e. The van der Waals surface area contributed by atoms with Crippen molar-refractivity contribution in [2.45, 2.75) is 49.8 Å². The van der Waals surface area contributed by atoms with Crippen LogP contribution in [0.15, 0.2) is 23.1 Å². The Balaban J connectivity index is 3.07. The highest BCUT2D eigenvalue weighted by Gasteiger charge is 2.32. The lowest BCUT2D eigenvalue weighted by Crippen LogP contribution is -2.43. The number of sulfone groups is 1. The Kier molecular flexibility index (Phi) is 6.04. The van der Waals surface area contributed by atoms with Crippen LogP contribution in [0.25, 0.3) is 0 Å². The molecule has 0 aliphatic heterocycles. The molecule has 7 heteroatoms. The molecular formula is C14H21ClN2O3S. The zero-order valence-electron chi connectivity index (χ0n) is 12.4. The molecule has 1 unspecified atom stereocenters. The molecule has 0 saturated carbocycles. The van der Waals surface area contributed by atoms with Gasteiger partial charge in [0, 0.05) is 11.1 Å². The highest BCUT2D eigenvalue weighted by Crippen LogP contribution is 2.26. The molecule has 0 aliphatic carbocycles. The van der Waals surface area contributed by atoms with E-state index in [-0.39, 0.29) is 21.6 Å². The number of nitrogen functional groups attached to an aromatic ring is 1. The van der Waals surface area contributed by atoms with Crippen LogP contribution in [0.3, 0.4) is 0 Å². The minimum Gasteiger partial charge on any atom is -0.398 e. The van der Waals surface area contributed by atoms with Crippen LogP contribution in [-0.4, -0.2) is 25.6 Å². The summed E-state index contributed by atoms with van der Waals surface area (Å²) in [7, 11) is -3.87. The van der Waals surface area contributed by atoms with Crippen molar-refractivity contribution in [2.24, 2.45) is 0 Å². The van der Waals surface area contributed by atoms with Crippen molar-refractivity contribution in [3.8, 4) is 0 Å². The van der Waals surface area contributed by atoms with E-state index in [2.05, 4.69) is 5.32 Å². The third-order valence-electron chi connectivity index (χ3n) is 3.45. The van der Waals surface area contributed by atoms with Crippen molar-refractivity contribution < 1.29 is 13.2 Å². The van der Waals surface area contributed by atoms with E-state index in [0.29, 0.717) is 0 Å². The summed E-state index contributed by atoms with van der Waals surface area (Å²) in [6, 6.07) is 4.16. The van der Waals surface area contributed by atoms with Crippen molar-refractivity contribution in [1.82, 2.24) is 5.32 Å². The molecule has 0 spiro atoms. The minimum atomic E-state index is -3.87. The Hall–Kier alpha value is -1.27. The predicted molar refractivity (Wildman–Crippen MR) is 85.0 cm³/mol. The molecule has 1 atom stereocenters. The summed E-state index contributed by atoms with van der Waals surface area (Å²) in [4.78, 5) is 12.0. The third kappa shape index (κ3) is 4.11. The van der Waals surface area contributed by atoms with Gasteiger partial charge < -0.3 is 11.1 Å². The fraction of sp³-hybridized carbons (Fsp3) is 0.500. The molecule has 1 amide bonds. The van der Waals surface area contributed by atoms with Gasteiger partial charge in [-0.1, -0.05) is 25.4 Å². The van der Waals surface area contributed by atoms with Crippen molar-refractivity contribution in [2.75, 3.05) is 5.73 Å². The van der Waals surface area contributed by atoms with Gasteiger partial charge in [-0.25, -0.2) is 8.42 Å². The fourth-order valence-electron chi connectivity index (χ4n) is 1.90. The lowest BCUT2D eigenvalue weighted by Gasteiger charge is -2.19. The standard InChI is InChI=1S/C14H21ClN2O3S/c1-4-11(5-2)17-14(18)9(3)21(19,20)13-8-10(15)6-7-12(13)16/h6-9,11H,4-5,16H2,1-3H3,(H,17,18). The lowest BCUT2D eigenvalue weighted by atomic mass is 10.2. The normalized spacial score (nSPS) is 13.2. The number of hydrogen-bond acceptors (Lipinski definition) is 4. The molecule has 1 aromatic rings. The van der Waals surface area contributed by atoms with E-state index >= 15 is 0 Å². The fourth-order valence-corrected chi connectivity index (χ4v) is 3.55. The average molecular weight is 333 g/mol. The van der Waals surface area contributed by atoms with Crippen LogP contribution in [0.2, 0.25) is 5.02 Å². The number of carbonyl (C=O) groups excluding carboxylic acids is 1. The van der Waals surface area contributed by atoms with Crippen molar-refractivity contribution in [3.63, 3.8) is 0 Å². The molecule has 0 fully saturated rings. The first-order valence-corrected chi connectivity index (χ1v) is 8.75. The maximum atomic E-state index is 12.5. The summed E-state index contributed by atoms with van der Waals surface area (Å²) >= 11 is 5.82. The largest absolute Gasteiger partial charge is 0.398 e. The summed E-state index contributed by atoms with van der Waals surface area (Å²) in [5, 5.41) is 1.77. The maximum absolute atomic E-state index is 12.5. The van der Waals surface area contributed by atoms with Gasteiger partial charge in [0.1, 0.15) is 5.25 Å². The van der Waals surface area contributed by atoms with E-state index in [1.807, 2.05) is 13.8 Å². The van der Waals surface area contributed by atoms with Gasteiger partial charge in [-0.15, -0.1) is 0 Å². The van der Waals surface area contributed by atoms with E-state index in [1.54, 1.807) is 0 Å². The Morgan fingerprint density at radius 2 is 1.90 bits per heavy atom. The molecule has 1 rings (SSSR count).